The first-order valence-electron chi connectivity index (χ1n) is 8.54. The molecule has 5 nitrogen and oxygen atoms in total. The summed E-state index contributed by atoms with van der Waals surface area (Å²) in [6, 6.07) is 9.89. The number of benzene rings is 1. The second kappa shape index (κ2) is 7.03. The number of aromatic nitrogens is 1. The van der Waals surface area contributed by atoms with E-state index in [0.717, 1.165) is 35.0 Å². The van der Waals surface area contributed by atoms with Gasteiger partial charge in [-0.2, -0.15) is 0 Å². The summed E-state index contributed by atoms with van der Waals surface area (Å²) in [5, 5.41) is 2.30. The number of hydrogen-bond donors (Lipinski definition) is 1. The average molecular weight is 375 g/mol. The van der Waals surface area contributed by atoms with Crippen LogP contribution in [0.15, 0.2) is 42.2 Å². The highest BCUT2D eigenvalue weighted by Crippen LogP contribution is 2.23. The number of nitrogens with zero attached hydrogens (tertiary/aromatic N) is 1. The Morgan fingerprint density at radius 1 is 1.19 bits per heavy atom. The van der Waals surface area contributed by atoms with Gasteiger partial charge in [0.25, 0.3) is 0 Å². The van der Waals surface area contributed by atoms with Gasteiger partial charge in [-0.1, -0.05) is 18.2 Å². The molecule has 0 bridgehead atoms. The van der Waals surface area contributed by atoms with Gasteiger partial charge in [-0.25, -0.2) is 8.42 Å². The number of sulfonamides is 1. The molecule has 0 atom stereocenters. The Morgan fingerprint density at radius 2 is 1.88 bits per heavy atom. The normalized spacial score (nSPS) is 14.0. The van der Waals surface area contributed by atoms with E-state index in [2.05, 4.69) is 47.4 Å². The largest absolute Gasteiger partial charge is 0.497 e. The first-order chi connectivity index (χ1) is 12.3. The lowest BCUT2D eigenvalue weighted by molar-refractivity contribution is 0.312. The third-order valence-corrected chi connectivity index (χ3v) is 4.89. The average Bonchev–Trinajstić information content (AvgIpc) is 2.79. The van der Waals surface area contributed by atoms with Crippen molar-refractivity contribution in [3.8, 4) is 11.3 Å². The minimum absolute atomic E-state index is 0. The maximum Gasteiger partial charge on any atom is 0.229 e. The zero-order valence-corrected chi connectivity index (χ0v) is 16.3. The molecule has 1 aromatic heterocycles. The molecule has 1 aromatic carbocycles. The second-order valence-corrected chi connectivity index (χ2v) is 8.43. The highest BCUT2D eigenvalue weighted by molar-refractivity contribution is 7.92. The molecule has 1 N–H and O–H groups in total. The van der Waals surface area contributed by atoms with Crippen molar-refractivity contribution >= 4 is 27.9 Å². The van der Waals surface area contributed by atoms with Gasteiger partial charge in [0.05, 0.1) is 18.7 Å². The molecule has 0 amide bonds. The van der Waals surface area contributed by atoms with Crippen LogP contribution in [0.4, 0.5) is 5.69 Å². The number of nitrogens with one attached hydrogen (secondary N) is 1. The van der Waals surface area contributed by atoms with Crippen molar-refractivity contribution in [2.45, 2.75) is 26.3 Å². The van der Waals surface area contributed by atoms with Crippen LogP contribution in [-0.2, 0) is 14.8 Å². The molecule has 26 heavy (non-hydrogen) atoms. The molecule has 6 heteroatoms. The van der Waals surface area contributed by atoms with E-state index in [1.165, 1.54) is 5.22 Å². The monoisotopic (exact) mass is 374 g/mol. The molecular weight excluding hydrogens is 348 g/mol. The molecule has 0 aliphatic heterocycles. The number of fused-ring (bicyclic) bond motifs is 1. The SMILES string of the molecule is COC1=CCC=c2cc(-c3ccc(NS(C)(=O)=O)cc3)n(C(C)C)c2=C1.[HH]. The molecule has 0 spiro atoms. The molecule has 140 valence electrons. The number of allylic oxidation sites excluding steroid dienone is 2. The van der Waals surface area contributed by atoms with Crippen LogP contribution in [0, 0.1) is 0 Å². The third kappa shape index (κ3) is 3.85. The Hall–Kier alpha value is -2.47. The molecule has 1 aliphatic rings. The van der Waals surface area contributed by atoms with Crippen LogP contribution in [-0.4, -0.2) is 26.4 Å². The Morgan fingerprint density at radius 3 is 2.46 bits per heavy atom. The van der Waals surface area contributed by atoms with Crippen LogP contribution in [0.3, 0.4) is 0 Å². The van der Waals surface area contributed by atoms with Gasteiger partial charge in [-0.3, -0.25) is 4.72 Å². The van der Waals surface area contributed by atoms with E-state index in [4.69, 9.17) is 4.74 Å². The standard InChI is InChI=1S/C20H24N2O3S.H2/c1-14(2)22-19(12-16-6-5-7-18(25-3)13-20(16)22)15-8-10-17(11-9-15)21-26(4,23)24;/h6-14,21H,5H2,1-4H3;1H. The maximum atomic E-state index is 11.4. The molecule has 0 saturated heterocycles. The summed E-state index contributed by atoms with van der Waals surface area (Å²) < 4.78 is 33.0. The Kier molecular flexibility index (Phi) is 4.96. The van der Waals surface area contributed by atoms with Crippen LogP contribution in [0.5, 0.6) is 0 Å². The molecule has 3 rings (SSSR count). The van der Waals surface area contributed by atoms with Crippen LogP contribution in [0.1, 0.15) is 27.7 Å². The van der Waals surface area contributed by atoms with E-state index in [-0.39, 0.29) is 7.47 Å². The van der Waals surface area contributed by atoms with Gasteiger partial charge < -0.3 is 9.30 Å². The zero-order valence-electron chi connectivity index (χ0n) is 15.5. The van der Waals surface area contributed by atoms with E-state index in [9.17, 15) is 8.42 Å². The van der Waals surface area contributed by atoms with Crippen molar-refractivity contribution in [1.82, 2.24) is 4.57 Å². The second-order valence-electron chi connectivity index (χ2n) is 6.68. The first-order valence-corrected chi connectivity index (χ1v) is 10.4. The van der Waals surface area contributed by atoms with Crippen molar-refractivity contribution in [3.63, 3.8) is 0 Å². The van der Waals surface area contributed by atoms with Crippen molar-refractivity contribution < 1.29 is 14.6 Å². The molecule has 0 saturated carbocycles. The smallest absolute Gasteiger partial charge is 0.229 e. The third-order valence-electron chi connectivity index (χ3n) is 4.28. The Balaban J connectivity index is 0.00000261. The fraction of sp³-hybridized carbons (Fsp3) is 0.300. The summed E-state index contributed by atoms with van der Waals surface area (Å²) in [4.78, 5) is 0. The highest BCUT2D eigenvalue weighted by atomic mass is 32.2. The Bertz CT molecular complexity index is 1070. The van der Waals surface area contributed by atoms with Gasteiger partial charge in [0.15, 0.2) is 0 Å². The topological polar surface area (TPSA) is 60.3 Å². The van der Waals surface area contributed by atoms with Gasteiger partial charge in [0.2, 0.25) is 10.0 Å². The molecule has 1 heterocycles. The van der Waals surface area contributed by atoms with E-state index in [1.54, 1.807) is 19.2 Å². The lowest BCUT2D eigenvalue weighted by Gasteiger charge is -2.15. The summed E-state index contributed by atoms with van der Waals surface area (Å²) in [7, 11) is -1.59. The van der Waals surface area contributed by atoms with Gasteiger partial charge >= 0.3 is 0 Å². The molecule has 2 aromatic rings. The molecule has 0 unspecified atom stereocenters. The minimum atomic E-state index is -3.28. The van der Waals surface area contributed by atoms with Crippen LogP contribution in [0.2, 0.25) is 0 Å². The zero-order chi connectivity index (χ0) is 18.9. The number of methoxy groups -OCH3 is 1. The van der Waals surface area contributed by atoms with Crippen LogP contribution in [0.25, 0.3) is 23.4 Å². The summed E-state index contributed by atoms with van der Waals surface area (Å²) in [5.74, 6) is 0.860. The van der Waals surface area contributed by atoms with Crippen LogP contribution >= 0.6 is 0 Å². The predicted octanol–water partition coefficient (Wildman–Crippen LogP) is 2.85. The number of ether oxygens (including phenoxy) is 1. The predicted molar refractivity (Wildman–Crippen MR) is 109 cm³/mol. The summed E-state index contributed by atoms with van der Waals surface area (Å²) >= 11 is 0. The summed E-state index contributed by atoms with van der Waals surface area (Å²) in [6.45, 7) is 4.30. The van der Waals surface area contributed by atoms with E-state index in [1.807, 2.05) is 12.1 Å². The minimum Gasteiger partial charge on any atom is -0.497 e. The first kappa shape index (κ1) is 18.3. The number of hydrogen-bond acceptors (Lipinski definition) is 3. The highest BCUT2D eigenvalue weighted by Gasteiger charge is 2.13. The number of anilines is 1. The van der Waals surface area contributed by atoms with E-state index in [0.29, 0.717) is 5.69 Å². The van der Waals surface area contributed by atoms with Crippen molar-refractivity contribution in [1.29, 1.82) is 0 Å². The van der Waals surface area contributed by atoms with Gasteiger partial charge in [0, 0.05) is 24.9 Å². The molecule has 0 fully saturated rings. The van der Waals surface area contributed by atoms with Crippen molar-refractivity contribution in [3.05, 3.63) is 52.7 Å². The lowest BCUT2D eigenvalue weighted by Crippen LogP contribution is -2.30. The molecular formula is C20H26N2O3S. The Labute approximate surface area is 155 Å². The van der Waals surface area contributed by atoms with Gasteiger partial charge in [0.1, 0.15) is 5.76 Å². The lowest BCUT2D eigenvalue weighted by atomic mass is 10.1. The van der Waals surface area contributed by atoms with Crippen molar-refractivity contribution in [2.75, 3.05) is 18.1 Å². The quantitative estimate of drug-likeness (QED) is 0.875. The maximum absolute atomic E-state index is 11.4. The fourth-order valence-electron chi connectivity index (χ4n) is 3.22. The van der Waals surface area contributed by atoms with E-state index < -0.39 is 10.0 Å². The van der Waals surface area contributed by atoms with Gasteiger partial charge in [-0.15, -0.1) is 0 Å². The fourth-order valence-corrected chi connectivity index (χ4v) is 3.78. The van der Waals surface area contributed by atoms with E-state index >= 15 is 0 Å². The summed E-state index contributed by atoms with van der Waals surface area (Å²) in [5.41, 5.74) is 2.69. The summed E-state index contributed by atoms with van der Waals surface area (Å²) in [6.07, 6.45) is 8.30. The molecule has 1 aliphatic carbocycles. The molecule has 0 radical (unpaired) electrons. The van der Waals surface area contributed by atoms with Crippen molar-refractivity contribution in [2.24, 2.45) is 0 Å². The number of rotatable bonds is 5. The van der Waals surface area contributed by atoms with Crippen LogP contribution < -0.4 is 15.3 Å². The van der Waals surface area contributed by atoms with Gasteiger partial charge in [-0.05, 0) is 55.3 Å².